The van der Waals surface area contributed by atoms with Gasteiger partial charge in [-0.05, 0) is 64.2 Å². The van der Waals surface area contributed by atoms with Crippen LogP contribution in [0, 0.1) is 0 Å². The third-order valence-electron chi connectivity index (χ3n) is 8.04. The van der Waals surface area contributed by atoms with Crippen LogP contribution in [0.15, 0.2) is 48.6 Å². The topological polar surface area (TPSA) is 63.6 Å². The standard InChI is InChI=1S/C40H70O4/c1-3-5-7-9-11-13-15-16-17-18-19-20-21-22-23-24-26-28-30-32-34-36-40(43)44-38(37-39(41)42)35-33-31-29-27-25-14-12-10-8-6-4-2/h11,13,16-17,19-20,22-23,38H,3-10,12,14-15,18,21,24-37H2,1-2H3,(H,41,42)/b13-11-,17-16-,20-19-,23-22-. The highest BCUT2D eigenvalue weighted by atomic mass is 16.5. The highest BCUT2D eigenvalue weighted by Crippen LogP contribution is 2.16. The van der Waals surface area contributed by atoms with E-state index in [4.69, 9.17) is 4.74 Å². The molecule has 254 valence electrons. The van der Waals surface area contributed by atoms with Crippen molar-refractivity contribution in [3.05, 3.63) is 48.6 Å². The highest BCUT2D eigenvalue weighted by molar-refractivity contribution is 5.71. The maximum absolute atomic E-state index is 12.3. The van der Waals surface area contributed by atoms with Crippen molar-refractivity contribution in [1.29, 1.82) is 0 Å². The molecule has 0 aromatic carbocycles. The quantitative estimate of drug-likeness (QED) is 0.0454. The van der Waals surface area contributed by atoms with E-state index >= 15 is 0 Å². The molecule has 0 heterocycles. The number of hydrogen-bond acceptors (Lipinski definition) is 3. The van der Waals surface area contributed by atoms with Crippen LogP contribution in [-0.4, -0.2) is 23.1 Å². The van der Waals surface area contributed by atoms with E-state index in [0.29, 0.717) is 12.8 Å². The molecule has 0 rings (SSSR count). The van der Waals surface area contributed by atoms with Gasteiger partial charge in [0.25, 0.3) is 0 Å². The van der Waals surface area contributed by atoms with Crippen LogP contribution in [0.5, 0.6) is 0 Å². The number of aliphatic carboxylic acids is 1. The predicted octanol–water partition coefficient (Wildman–Crippen LogP) is 12.8. The minimum absolute atomic E-state index is 0.0824. The predicted molar refractivity (Wildman–Crippen MR) is 190 cm³/mol. The number of carbonyl (C=O) groups is 2. The van der Waals surface area contributed by atoms with Crippen molar-refractivity contribution < 1.29 is 19.4 Å². The number of esters is 1. The SMILES string of the molecule is CCCCC/C=C\C/C=C\C/C=C\C/C=C\CCCCCCCC(=O)OC(CCCCCCCCCCCCC)CC(=O)O. The van der Waals surface area contributed by atoms with Crippen LogP contribution in [0.25, 0.3) is 0 Å². The summed E-state index contributed by atoms with van der Waals surface area (Å²) in [5.74, 6) is -1.12. The Morgan fingerprint density at radius 2 is 0.909 bits per heavy atom. The summed E-state index contributed by atoms with van der Waals surface area (Å²) in [4.78, 5) is 23.5. The van der Waals surface area contributed by atoms with Gasteiger partial charge in [-0.3, -0.25) is 9.59 Å². The van der Waals surface area contributed by atoms with E-state index in [1.165, 1.54) is 96.3 Å². The average molecular weight is 615 g/mol. The number of unbranched alkanes of at least 4 members (excludes halogenated alkanes) is 18. The van der Waals surface area contributed by atoms with E-state index in [9.17, 15) is 14.7 Å². The summed E-state index contributed by atoms with van der Waals surface area (Å²) in [6.07, 6.45) is 47.0. The molecule has 0 aromatic heterocycles. The van der Waals surface area contributed by atoms with Gasteiger partial charge < -0.3 is 9.84 Å². The monoisotopic (exact) mass is 615 g/mol. The van der Waals surface area contributed by atoms with Crippen molar-refractivity contribution in [2.24, 2.45) is 0 Å². The number of allylic oxidation sites excluding steroid dienone is 8. The van der Waals surface area contributed by atoms with Crippen LogP contribution in [0.2, 0.25) is 0 Å². The maximum Gasteiger partial charge on any atom is 0.307 e. The van der Waals surface area contributed by atoms with Crippen LogP contribution in [-0.2, 0) is 14.3 Å². The fourth-order valence-electron chi connectivity index (χ4n) is 5.30. The maximum atomic E-state index is 12.3. The van der Waals surface area contributed by atoms with Gasteiger partial charge in [-0.25, -0.2) is 0 Å². The third-order valence-corrected chi connectivity index (χ3v) is 8.04. The van der Waals surface area contributed by atoms with Crippen molar-refractivity contribution in [2.45, 2.75) is 193 Å². The Morgan fingerprint density at radius 3 is 1.41 bits per heavy atom. The number of hydrogen-bond donors (Lipinski definition) is 1. The van der Waals surface area contributed by atoms with E-state index in [2.05, 4.69) is 62.5 Å². The molecule has 0 aliphatic heterocycles. The smallest absolute Gasteiger partial charge is 0.307 e. The third kappa shape index (κ3) is 34.4. The van der Waals surface area contributed by atoms with E-state index < -0.39 is 12.1 Å². The first kappa shape index (κ1) is 41.9. The molecule has 1 atom stereocenters. The molecule has 1 unspecified atom stereocenters. The van der Waals surface area contributed by atoms with E-state index in [1.54, 1.807) is 0 Å². The molecule has 0 saturated carbocycles. The van der Waals surface area contributed by atoms with Crippen LogP contribution in [0.1, 0.15) is 187 Å². The van der Waals surface area contributed by atoms with Gasteiger partial charge in [0.1, 0.15) is 6.10 Å². The zero-order valence-electron chi connectivity index (χ0n) is 29.0. The van der Waals surface area contributed by atoms with E-state index in [0.717, 1.165) is 57.8 Å². The molecule has 4 heteroatoms. The number of carbonyl (C=O) groups excluding carboxylic acids is 1. The van der Waals surface area contributed by atoms with Crippen molar-refractivity contribution in [2.75, 3.05) is 0 Å². The Balaban J connectivity index is 3.72. The molecule has 0 aromatic rings. The summed E-state index contributed by atoms with van der Waals surface area (Å²) in [6.45, 7) is 4.49. The Labute approximate surface area is 272 Å². The van der Waals surface area contributed by atoms with Gasteiger partial charge in [-0.15, -0.1) is 0 Å². The second kappa shape index (κ2) is 35.4. The molecular formula is C40H70O4. The van der Waals surface area contributed by atoms with Gasteiger partial charge in [0.2, 0.25) is 0 Å². The lowest BCUT2D eigenvalue weighted by Gasteiger charge is -2.16. The molecular weight excluding hydrogens is 544 g/mol. The van der Waals surface area contributed by atoms with Gasteiger partial charge in [0.15, 0.2) is 0 Å². The molecule has 0 spiro atoms. The molecule has 0 bridgehead atoms. The Morgan fingerprint density at radius 1 is 0.523 bits per heavy atom. The Kier molecular flexibility index (Phi) is 33.7. The summed E-state index contributed by atoms with van der Waals surface area (Å²) >= 11 is 0. The zero-order chi connectivity index (χ0) is 32.2. The van der Waals surface area contributed by atoms with Gasteiger partial charge >= 0.3 is 11.9 Å². The zero-order valence-corrected chi connectivity index (χ0v) is 29.0. The fourth-order valence-corrected chi connectivity index (χ4v) is 5.30. The van der Waals surface area contributed by atoms with E-state index in [-0.39, 0.29) is 12.4 Å². The molecule has 0 radical (unpaired) electrons. The highest BCUT2D eigenvalue weighted by Gasteiger charge is 2.17. The second-order valence-corrected chi connectivity index (χ2v) is 12.4. The fraction of sp³-hybridized carbons (Fsp3) is 0.750. The van der Waals surface area contributed by atoms with Crippen LogP contribution < -0.4 is 0 Å². The van der Waals surface area contributed by atoms with Gasteiger partial charge in [0.05, 0.1) is 6.42 Å². The summed E-state index contributed by atoms with van der Waals surface area (Å²) < 4.78 is 5.56. The lowest BCUT2D eigenvalue weighted by atomic mass is 10.0. The van der Waals surface area contributed by atoms with Crippen molar-refractivity contribution >= 4 is 11.9 Å². The molecule has 4 nitrogen and oxygen atoms in total. The number of carboxylic acid groups (broad SMARTS) is 1. The molecule has 0 amide bonds. The van der Waals surface area contributed by atoms with Crippen LogP contribution in [0.4, 0.5) is 0 Å². The molecule has 0 fully saturated rings. The lowest BCUT2D eigenvalue weighted by Crippen LogP contribution is -2.21. The van der Waals surface area contributed by atoms with Crippen LogP contribution >= 0.6 is 0 Å². The van der Waals surface area contributed by atoms with Crippen molar-refractivity contribution in [1.82, 2.24) is 0 Å². The summed E-state index contributed by atoms with van der Waals surface area (Å²) in [7, 11) is 0. The molecule has 0 saturated heterocycles. The van der Waals surface area contributed by atoms with Gasteiger partial charge in [0, 0.05) is 6.42 Å². The van der Waals surface area contributed by atoms with E-state index in [1.807, 2.05) is 0 Å². The molecule has 44 heavy (non-hydrogen) atoms. The number of ether oxygens (including phenoxy) is 1. The van der Waals surface area contributed by atoms with Gasteiger partial charge in [-0.1, -0.05) is 159 Å². The number of carboxylic acids is 1. The Hall–Kier alpha value is -2.10. The average Bonchev–Trinajstić information content (AvgIpc) is 3.00. The van der Waals surface area contributed by atoms with Gasteiger partial charge in [-0.2, -0.15) is 0 Å². The normalized spacial score (nSPS) is 12.8. The Bertz CT molecular complexity index is 748. The summed E-state index contributed by atoms with van der Waals surface area (Å²) in [5, 5.41) is 9.23. The summed E-state index contributed by atoms with van der Waals surface area (Å²) in [6, 6.07) is 0. The molecule has 0 aliphatic carbocycles. The first-order valence-electron chi connectivity index (χ1n) is 18.6. The largest absolute Gasteiger partial charge is 0.481 e. The van der Waals surface area contributed by atoms with Crippen molar-refractivity contribution in [3.63, 3.8) is 0 Å². The second-order valence-electron chi connectivity index (χ2n) is 12.4. The molecule has 1 N–H and O–H groups in total. The molecule has 0 aliphatic rings. The first-order valence-corrected chi connectivity index (χ1v) is 18.6. The van der Waals surface area contributed by atoms with Crippen LogP contribution in [0.3, 0.4) is 0 Å². The van der Waals surface area contributed by atoms with Crippen molar-refractivity contribution in [3.8, 4) is 0 Å². The number of rotatable bonds is 33. The minimum Gasteiger partial charge on any atom is -0.481 e. The summed E-state index contributed by atoms with van der Waals surface area (Å²) in [5.41, 5.74) is 0. The lowest BCUT2D eigenvalue weighted by molar-refractivity contribution is -0.153. The first-order chi connectivity index (χ1) is 21.6. The minimum atomic E-state index is -0.889.